The van der Waals surface area contributed by atoms with Crippen LogP contribution < -0.4 is 5.32 Å². The number of imidazole rings is 1. The van der Waals surface area contributed by atoms with Crippen molar-refractivity contribution in [3.05, 3.63) is 59.3 Å². The van der Waals surface area contributed by atoms with Gasteiger partial charge >= 0.3 is 0 Å². The summed E-state index contributed by atoms with van der Waals surface area (Å²) in [4.78, 5) is 17.4. The van der Waals surface area contributed by atoms with Crippen LogP contribution in [0.5, 0.6) is 0 Å². The normalized spacial score (nSPS) is 14.1. The zero-order valence-electron chi connectivity index (χ0n) is 16.0. The average Bonchev–Trinajstić information content (AvgIpc) is 3.37. The maximum absolute atomic E-state index is 12.7. The number of pyridine rings is 1. The summed E-state index contributed by atoms with van der Waals surface area (Å²) in [6.07, 6.45) is 4.89. The molecule has 0 spiro atoms. The summed E-state index contributed by atoms with van der Waals surface area (Å²) in [6, 6.07) is 9.94. The van der Waals surface area contributed by atoms with Gasteiger partial charge in [-0.3, -0.25) is 9.20 Å². The highest BCUT2D eigenvalue weighted by atomic mass is 16.1. The third kappa shape index (κ3) is 2.83. The van der Waals surface area contributed by atoms with Crippen LogP contribution in [-0.4, -0.2) is 36.6 Å². The Balaban J connectivity index is 1.32. The predicted molar refractivity (Wildman–Crippen MR) is 106 cm³/mol. The van der Waals surface area contributed by atoms with Crippen LogP contribution in [0, 0.1) is 6.92 Å². The minimum atomic E-state index is -0.130. The maximum atomic E-state index is 12.7. The van der Waals surface area contributed by atoms with E-state index in [4.69, 9.17) is 4.98 Å². The number of fused-ring (bicyclic) bond motifs is 2. The van der Waals surface area contributed by atoms with Gasteiger partial charge in [-0.2, -0.15) is 0 Å². The minimum Gasteiger partial charge on any atom is -0.351 e. The molecule has 0 bridgehead atoms. The number of carbonyl (C=O) groups is 1. The highest BCUT2D eigenvalue weighted by Gasteiger charge is 2.29. The fourth-order valence-electron chi connectivity index (χ4n) is 3.70. The van der Waals surface area contributed by atoms with Gasteiger partial charge in [0.2, 0.25) is 0 Å². The highest BCUT2D eigenvalue weighted by molar-refractivity contribution is 5.99. The average molecular weight is 374 g/mol. The fourth-order valence-corrected chi connectivity index (χ4v) is 3.70. The first-order chi connectivity index (χ1) is 13.6. The molecule has 5 rings (SSSR count). The first-order valence-corrected chi connectivity index (χ1v) is 9.65. The number of aryl methyl sites for hydroxylation is 2. The Hall–Kier alpha value is -3.22. The number of hydrogen-bond donors (Lipinski definition) is 1. The summed E-state index contributed by atoms with van der Waals surface area (Å²) in [6.45, 7) is 2.58. The van der Waals surface area contributed by atoms with Crippen LogP contribution in [0.4, 0.5) is 0 Å². The summed E-state index contributed by atoms with van der Waals surface area (Å²) < 4.78 is 4.03. The molecule has 1 fully saturated rings. The third-order valence-electron chi connectivity index (χ3n) is 5.41. The molecule has 4 aromatic rings. The Labute approximate surface area is 162 Å². The van der Waals surface area contributed by atoms with Gasteiger partial charge < -0.3 is 9.88 Å². The molecule has 1 amide bonds. The second-order valence-corrected chi connectivity index (χ2v) is 7.53. The molecule has 1 aliphatic rings. The van der Waals surface area contributed by atoms with E-state index >= 15 is 0 Å². The quantitative estimate of drug-likeness (QED) is 0.583. The summed E-state index contributed by atoms with van der Waals surface area (Å²) in [5, 5.41) is 11.5. The van der Waals surface area contributed by atoms with Gasteiger partial charge in [0.25, 0.3) is 5.91 Å². The maximum Gasteiger partial charge on any atom is 0.255 e. The molecule has 7 heteroatoms. The van der Waals surface area contributed by atoms with Gasteiger partial charge in [-0.15, -0.1) is 10.2 Å². The molecule has 3 aromatic heterocycles. The molecule has 142 valence electrons. The van der Waals surface area contributed by atoms with Crippen molar-refractivity contribution < 1.29 is 4.79 Å². The molecule has 1 N–H and O–H groups in total. The Morgan fingerprint density at radius 3 is 2.93 bits per heavy atom. The van der Waals surface area contributed by atoms with E-state index in [2.05, 4.69) is 45.2 Å². The number of benzene rings is 1. The van der Waals surface area contributed by atoms with E-state index in [1.807, 2.05) is 23.7 Å². The molecule has 7 nitrogen and oxygen atoms in total. The SMILES string of the molecule is Cc1ccc2c(c1)nc(CCNC(=O)c1cccn3c(C4CC4)nnc13)n2C. The lowest BCUT2D eigenvalue weighted by Gasteiger charge is -2.07. The van der Waals surface area contributed by atoms with Gasteiger partial charge in [0.05, 0.1) is 16.6 Å². The summed E-state index contributed by atoms with van der Waals surface area (Å²) in [5.74, 6) is 2.27. The van der Waals surface area contributed by atoms with Gasteiger partial charge in [0, 0.05) is 32.1 Å². The van der Waals surface area contributed by atoms with Crippen LogP contribution >= 0.6 is 0 Å². The lowest BCUT2D eigenvalue weighted by molar-refractivity contribution is 0.0955. The molecule has 0 saturated heterocycles. The van der Waals surface area contributed by atoms with Gasteiger partial charge in [0.15, 0.2) is 5.65 Å². The zero-order valence-corrected chi connectivity index (χ0v) is 16.0. The summed E-state index contributed by atoms with van der Waals surface area (Å²) >= 11 is 0. The van der Waals surface area contributed by atoms with Crippen LogP contribution in [0.15, 0.2) is 36.5 Å². The molecule has 0 aliphatic heterocycles. The van der Waals surface area contributed by atoms with E-state index < -0.39 is 0 Å². The zero-order chi connectivity index (χ0) is 19.3. The van der Waals surface area contributed by atoms with E-state index in [0.717, 1.165) is 35.5 Å². The molecule has 1 aliphatic carbocycles. The Bertz CT molecular complexity index is 1200. The molecule has 0 atom stereocenters. The molecular formula is C21H22N6O. The molecule has 1 aromatic carbocycles. The lowest BCUT2D eigenvalue weighted by atomic mass is 10.2. The Kier molecular flexibility index (Phi) is 3.89. The van der Waals surface area contributed by atoms with Crippen molar-refractivity contribution in [2.75, 3.05) is 6.54 Å². The fraction of sp³-hybridized carbons (Fsp3) is 0.333. The topological polar surface area (TPSA) is 77.1 Å². The summed E-state index contributed by atoms with van der Waals surface area (Å²) in [7, 11) is 2.01. The smallest absolute Gasteiger partial charge is 0.255 e. The Morgan fingerprint density at radius 1 is 1.25 bits per heavy atom. The number of nitrogens with one attached hydrogen (secondary N) is 1. The van der Waals surface area contributed by atoms with Gasteiger partial charge in [-0.05, 0) is 49.6 Å². The molecular weight excluding hydrogens is 352 g/mol. The molecule has 0 radical (unpaired) electrons. The van der Waals surface area contributed by atoms with Crippen LogP contribution in [0.3, 0.4) is 0 Å². The monoisotopic (exact) mass is 374 g/mol. The van der Waals surface area contributed by atoms with Gasteiger partial charge in [0.1, 0.15) is 11.6 Å². The number of carbonyl (C=O) groups excluding carboxylic acids is 1. The van der Waals surface area contributed by atoms with Crippen molar-refractivity contribution in [2.24, 2.45) is 7.05 Å². The number of amides is 1. The Morgan fingerprint density at radius 2 is 2.11 bits per heavy atom. The van der Waals surface area contributed by atoms with Crippen molar-refractivity contribution >= 4 is 22.6 Å². The second kappa shape index (κ2) is 6.44. The number of nitrogens with zero attached hydrogens (tertiary/aromatic N) is 5. The first-order valence-electron chi connectivity index (χ1n) is 9.65. The van der Waals surface area contributed by atoms with E-state index in [-0.39, 0.29) is 5.91 Å². The first kappa shape index (κ1) is 16.9. The molecule has 0 unspecified atom stereocenters. The number of hydrogen-bond acceptors (Lipinski definition) is 4. The van der Waals surface area contributed by atoms with Crippen LogP contribution in [0.1, 0.15) is 46.3 Å². The van der Waals surface area contributed by atoms with Crippen molar-refractivity contribution in [3.8, 4) is 0 Å². The molecule has 28 heavy (non-hydrogen) atoms. The van der Waals surface area contributed by atoms with Gasteiger partial charge in [-0.1, -0.05) is 6.07 Å². The van der Waals surface area contributed by atoms with Gasteiger partial charge in [-0.25, -0.2) is 4.98 Å². The minimum absolute atomic E-state index is 0.130. The van der Waals surface area contributed by atoms with Crippen molar-refractivity contribution in [1.29, 1.82) is 0 Å². The van der Waals surface area contributed by atoms with Crippen LogP contribution in [-0.2, 0) is 13.5 Å². The number of aromatic nitrogens is 5. The van der Waals surface area contributed by atoms with E-state index in [1.54, 1.807) is 6.07 Å². The van der Waals surface area contributed by atoms with E-state index in [0.29, 0.717) is 30.1 Å². The van der Waals surface area contributed by atoms with Crippen molar-refractivity contribution in [2.45, 2.75) is 32.1 Å². The van der Waals surface area contributed by atoms with E-state index in [9.17, 15) is 4.79 Å². The highest BCUT2D eigenvalue weighted by Crippen LogP contribution is 2.39. The molecule has 1 saturated carbocycles. The molecule has 3 heterocycles. The van der Waals surface area contributed by atoms with Crippen molar-refractivity contribution in [3.63, 3.8) is 0 Å². The second-order valence-electron chi connectivity index (χ2n) is 7.53. The van der Waals surface area contributed by atoms with Crippen molar-refractivity contribution in [1.82, 2.24) is 29.5 Å². The largest absolute Gasteiger partial charge is 0.351 e. The summed E-state index contributed by atoms with van der Waals surface area (Å²) in [5.41, 5.74) is 4.47. The standard InChI is InChI=1S/C21H22N6O/c1-13-5-8-17-16(12-13)23-18(26(17)2)9-10-22-21(28)15-4-3-11-27-19(14-6-7-14)24-25-20(15)27/h3-5,8,11-12,14H,6-7,9-10H2,1-2H3,(H,22,28). The third-order valence-corrected chi connectivity index (χ3v) is 5.41. The lowest BCUT2D eigenvalue weighted by Crippen LogP contribution is -2.27. The van der Waals surface area contributed by atoms with Crippen LogP contribution in [0.25, 0.3) is 16.7 Å². The van der Waals surface area contributed by atoms with Crippen LogP contribution in [0.2, 0.25) is 0 Å². The van der Waals surface area contributed by atoms with E-state index in [1.165, 1.54) is 5.56 Å². The number of rotatable bonds is 5. The predicted octanol–water partition coefficient (Wildman–Crippen LogP) is 2.77.